The third-order valence-corrected chi connectivity index (χ3v) is 2.91. The highest BCUT2D eigenvalue weighted by Gasteiger charge is 2.14. The van der Waals surface area contributed by atoms with E-state index in [1.54, 1.807) is 11.4 Å². The van der Waals surface area contributed by atoms with Gasteiger partial charge >= 0.3 is 0 Å². The third-order valence-electron chi connectivity index (χ3n) is 2.01. The normalized spacial score (nSPS) is 11.2. The van der Waals surface area contributed by atoms with Crippen molar-refractivity contribution < 1.29 is 4.79 Å². The van der Waals surface area contributed by atoms with E-state index < -0.39 is 0 Å². The summed E-state index contributed by atoms with van der Waals surface area (Å²) in [5.41, 5.74) is 0. The van der Waals surface area contributed by atoms with Gasteiger partial charge in [-0.3, -0.25) is 4.79 Å². The van der Waals surface area contributed by atoms with E-state index in [1.165, 1.54) is 11.3 Å². The number of carbonyl (C=O) groups excluding carboxylic acids is 1. The van der Waals surface area contributed by atoms with Crippen LogP contribution in [0.25, 0.3) is 4.96 Å². The van der Waals surface area contributed by atoms with E-state index in [0.29, 0.717) is 28.3 Å². The van der Waals surface area contributed by atoms with Gasteiger partial charge in [0.05, 0.1) is 0 Å². The Balaban J connectivity index is 2.17. The molecule has 0 aliphatic heterocycles. The summed E-state index contributed by atoms with van der Waals surface area (Å²) in [6.07, 6.45) is 0. The van der Waals surface area contributed by atoms with Crippen molar-refractivity contribution in [3.63, 3.8) is 0 Å². The minimum Gasteiger partial charge on any atom is -0.350 e. The summed E-state index contributed by atoms with van der Waals surface area (Å²) in [4.78, 5) is 12.3. The zero-order valence-electron chi connectivity index (χ0n) is 9.39. The summed E-state index contributed by atoms with van der Waals surface area (Å²) in [5, 5.41) is 15.2. The maximum absolute atomic E-state index is 11.7. The van der Waals surface area contributed by atoms with E-state index in [4.69, 9.17) is 0 Å². The van der Waals surface area contributed by atoms with Gasteiger partial charge in [-0.25, -0.2) is 0 Å². The van der Waals surface area contributed by atoms with Gasteiger partial charge in [-0.1, -0.05) is 25.2 Å². The van der Waals surface area contributed by atoms with Gasteiger partial charge in [-0.05, 0) is 12.8 Å². The summed E-state index contributed by atoms with van der Waals surface area (Å²) in [7, 11) is 0. The Kier molecular flexibility index (Phi) is 2.86. The van der Waals surface area contributed by atoms with Crippen LogP contribution in [0.4, 0.5) is 0 Å². The van der Waals surface area contributed by atoms with Gasteiger partial charge in [0.15, 0.2) is 5.82 Å². The van der Waals surface area contributed by atoms with Crippen LogP contribution >= 0.6 is 11.3 Å². The van der Waals surface area contributed by atoms with Crippen molar-refractivity contribution in [1.82, 2.24) is 25.1 Å². The van der Waals surface area contributed by atoms with E-state index in [9.17, 15) is 4.79 Å². The Labute approximate surface area is 96.7 Å². The predicted octanol–water partition coefficient (Wildman–Crippen LogP) is 0.880. The topological polar surface area (TPSA) is 72.2 Å². The van der Waals surface area contributed by atoms with Gasteiger partial charge in [0.2, 0.25) is 9.97 Å². The molecule has 1 amide bonds. The summed E-state index contributed by atoms with van der Waals surface area (Å²) >= 11 is 1.24. The first-order valence-electron chi connectivity index (χ1n) is 5.05. The van der Waals surface area contributed by atoms with Crippen molar-refractivity contribution in [3.8, 4) is 0 Å². The maximum atomic E-state index is 11.7. The molecule has 1 N–H and O–H groups in total. The summed E-state index contributed by atoms with van der Waals surface area (Å²) in [5.74, 6) is 0.967. The Bertz CT molecular complexity index is 515. The Hall–Kier alpha value is -1.50. The molecule has 2 aromatic heterocycles. The fraction of sp³-hybridized carbons (Fsp3) is 0.556. The van der Waals surface area contributed by atoms with E-state index in [-0.39, 0.29) is 5.91 Å². The number of rotatable bonds is 3. The van der Waals surface area contributed by atoms with Crippen molar-refractivity contribution in [2.75, 3.05) is 6.54 Å². The van der Waals surface area contributed by atoms with Crippen LogP contribution in [0, 0.1) is 12.8 Å². The van der Waals surface area contributed by atoms with Crippen molar-refractivity contribution >= 4 is 22.2 Å². The van der Waals surface area contributed by atoms with Crippen LogP contribution in [0.5, 0.6) is 0 Å². The van der Waals surface area contributed by atoms with Gasteiger partial charge in [0, 0.05) is 6.54 Å². The molecule has 0 radical (unpaired) electrons. The number of hydrogen-bond acceptors (Lipinski definition) is 5. The maximum Gasteiger partial charge on any atom is 0.282 e. The predicted molar refractivity (Wildman–Crippen MR) is 60.6 cm³/mol. The van der Waals surface area contributed by atoms with Crippen LogP contribution in [0.3, 0.4) is 0 Å². The van der Waals surface area contributed by atoms with Crippen LogP contribution < -0.4 is 5.32 Å². The zero-order valence-corrected chi connectivity index (χ0v) is 10.2. The average Bonchev–Trinajstić information content (AvgIpc) is 2.78. The lowest BCUT2D eigenvalue weighted by atomic mass is 10.2. The highest BCUT2D eigenvalue weighted by atomic mass is 32.1. The minimum atomic E-state index is -0.149. The Morgan fingerprint density at radius 1 is 1.50 bits per heavy atom. The molecule has 7 heteroatoms. The molecule has 0 saturated carbocycles. The molecule has 2 aromatic rings. The molecule has 0 aromatic carbocycles. The first kappa shape index (κ1) is 11.0. The number of fused-ring (bicyclic) bond motifs is 1. The molecular formula is C9H13N5OS. The van der Waals surface area contributed by atoms with Crippen molar-refractivity contribution in [2.45, 2.75) is 20.8 Å². The second-order valence-corrected chi connectivity index (χ2v) is 4.91. The van der Waals surface area contributed by atoms with Crippen molar-refractivity contribution in [2.24, 2.45) is 5.92 Å². The van der Waals surface area contributed by atoms with Crippen LogP contribution in [0.2, 0.25) is 0 Å². The van der Waals surface area contributed by atoms with Crippen LogP contribution in [0.15, 0.2) is 0 Å². The molecule has 2 heterocycles. The molecule has 16 heavy (non-hydrogen) atoms. The lowest BCUT2D eigenvalue weighted by Gasteiger charge is -2.04. The number of aryl methyl sites for hydroxylation is 1. The summed E-state index contributed by atoms with van der Waals surface area (Å²) in [6, 6.07) is 0. The molecule has 6 nitrogen and oxygen atoms in total. The van der Waals surface area contributed by atoms with Gasteiger partial charge in [-0.15, -0.1) is 15.3 Å². The van der Waals surface area contributed by atoms with Crippen LogP contribution in [-0.2, 0) is 0 Å². The van der Waals surface area contributed by atoms with Gasteiger partial charge in [-0.2, -0.15) is 4.52 Å². The quantitative estimate of drug-likeness (QED) is 0.863. The van der Waals surface area contributed by atoms with Crippen LogP contribution in [0.1, 0.15) is 29.5 Å². The van der Waals surface area contributed by atoms with Gasteiger partial charge < -0.3 is 5.32 Å². The number of nitrogens with one attached hydrogen (secondary N) is 1. The fourth-order valence-electron chi connectivity index (χ4n) is 1.18. The summed E-state index contributed by atoms with van der Waals surface area (Å²) in [6.45, 7) is 6.54. The van der Waals surface area contributed by atoms with E-state index in [0.717, 1.165) is 0 Å². The minimum absolute atomic E-state index is 0.149. The number of hydrogen-bond donors (Lipinski definition) is 1. The van der Waals surface area contributed by atoms with Gasteiger partial charge in [0.1, 0.15) is 0 Å². The first-order valence-corrected chi connectivity index (χ1v) is 5.86. The number of carbonyl (C=O) groups is 1. The highest BCUT2D eigenvalue weighted by Crippen LogP contribution is 2.13. The van der Waals surface area contributed by atoms with E-state index in [2.05, 4.69) is 20.6 Å². The molecule has 0 bridgehead atoms. The summed E-state index contributed by atoms with van der Waals surface area (Å²) < 4.78 is 1.58. The standard InChI is InChI=1S/C9H13N5OS/c1-5(2)4-10-7(15)8-13-14-6(3)11-12-9(14)16-8/h5H,4H2,1-3H3,(H,10,15). The second-order valence-electron chi connectivity index (χ2n) is 3.95. The first-order chi connectivity index (χ1) is 7.58. The van der Waals surface area contributed by atoms with Gasteiger partial charge in [0.25, 0.3) is 5.91 Å². The molecular weight excluding hydrogens is 226 g/mol. The molecule has 0 fully saturated rings. The van der Waals surface area contributed by atoms with Crippen molar-refractivity contribution in [1.29, 1.82) is 0 Å². The second kappa shape index (κ2) is 4.17. The Morgan fingerprint density at radius 3 is 2.88 bits per heavy atom. The zero-order chi connectivity index (χ0) is 11.7. The molecule has 2 rings (SSSR count). The van der Waals surface area contributed by atoms with Crippen molar-refractivity contribution in [3.05, 3.63) is 10.8 Å². The van der Waals surface area contributed by atoms with E-state index in [1.807, 2.05) is 13.8 Å². The van der Waals surface area contributed by atoms with E-state index >= 15 is 0 Å². The SMILES string of the molecule is Cc1nnc2sc(C(=O)NCC(C)C)nn12. The molecule has 0 unspecified atom stereocenters. The molecule has 0 atom stereocenters. The largest absolute Gasteiger partial charge is 0.350 e. The third kappa shape index (κ3) is 2.04. The number of aromatic nitrogens is 4. The molecule has 0 saturated heterocycles. The number of amides is 1. The smallest absolute Gasteiger partial charge is 0.282 e. The molecule has 0 aliphatic rings. The Morgan fingerprint density at radius 2 is 2.25 bits per heavy atom. The molecule has 86 valence electrons. The molecule has 0 aliphatic carbocycles. The number of nitrogens with zero attached hydrogens (tertiary/aromatic N) is 4. The highest BCUT2D eigenvalue weighted by molar-refractivity contribution is 7.18. The lowest BCUT2D eigenvalue weighted by molar-refractivity contribution is 0.0947. The lowest BCUT2D eigenvalue weighted by Crippen LogP contribution is -2.27. The fourth-order valence-corrected chi connectivity index (χ4v) is 1.98. The average molecular weight is 239 g/mol. The molecule has 0 spiro atoms. The van der Waals surface area contributed by atoms with Crippen LogP contribution in [-0.4, -0.2) is 32.3 Å². The monoisotopic (exact) mass is 239 g/mol.